The molecule has 0 bridgehead atoms. The third-order valence-corrected chi connectivity index (χ3v) is 18.2. The third-order valence-electron chi connectivity index (χ3n) is 17.0. The zero-order chi connectivity index (χ0) is 48.0. The van der Waals surface area contributed by atoms with Gasteiger partial charge in [0.1, 0.15) is 11.5 Å². The Morgan fingerprint density at radius 3 is 1.68 bits per heavy atom. The summed E-state index contributed by atoms with van der Waals surface area (Å²) in [6, 6.07) is 86.5. The number of nitrogens with zero attached hydrogens (tertiary/aromatic N) is 2. The van der Waals surface area contributed by atoms with Crippen LogP contribution in [0.4, 0.5) is 28.4 Å². The molecule has 0 saturated carbocycles. The standard InChI is InChI=1S/C69H46N2OS/c1-67-41-18-17-36-65(67)71(44-20-3-2-4-21-44)59-40-38-46(43-58(59)67)70(45-37-39-48-47-22-5-7-24-50(47)69(57(48)42-45)54-28-11-15-34-63(54)73-64-35-16-12-29-55(64)69)60-31-19-30-56-66(60)49-23-6-8-25-51(49)68(56)52-26-9-13-32-61(52)72-62-33-14-10-27-53(62)68/h2-43,65H,1H3. The Balaban J connectivity index is 1.00. The van der Waals surface area contributed by atoms with Gasteiger partial charge in [0.15, 0.2) is 0 Å². The van der Waals surface area contributed by atoms with Crippen LogP contribution in [0.25, 0.3) is 22.3 Å². The predicted octanol–water partition coefficient (Wildman–Crippen LogP) is 17.4. The molecule has 2 atom stereocenters. The van der Waals surface area contributed by atoms with Gasteiger partial charge in [-0.1, -0.05) is 194 Å². The fraction of sp³-hybridized carbons (Fsp3) is 0.0725. The van der Waals surface area contributed by atoms with E-state index < -0.39 is 10.8 Å². The van der Waals surface area contributed by atoms with Crippen molar-refractivity contribution in [3.63, 3.8) is 0 Å². The normalized spacial score (nSPS) is 18.5. The zero-order valence-electron chi connectivity index (χ0n) is 40.0. The van der Waals surface area contributed by atoms with Gasteiger partial charge in [0.25, 0.3) is 0 Å². The number of rotatable bonds is 4. The summed E-state index contributed by atoms with van der Waals surface area (Å²) < 4.78 is 6.79. The van der Waals surface area contributed by atoms with Crippen LogP contribution in [0, 0.1) is 0 Å². The van der Waals surface area contributed by atoms with Crippen LogP contribution >= 0.6 is 11.8 Å². The third kappa shape index (κ3) is 5.25. The van der Waals surface area contributed by atoms with Crippen molar-refractivity contribution in [2.24, 2.45) is 0 Å². The summed E-state index contributed by atoms with van der Waals surface area (Å²) in [5.74, 6) is 1.78. The van der Waals surface area contributed by atoms with Gasteiger partial charge in [-0.25, -0.2) is 0 Å². The number of hydrogen-bond acceptors (Lipinski definition) is 4. The van der Waals surface area contributed by atoms with E-state index in [2.05, 4.69) is 272 Å². The molecule has 2 unspecified atom stereocenters. The Morgan fingerprint density at radius 1 is 0.438 bits per heavy atom. The second-order valence-corrected chi connectivity index (χ2v) is 21.5. The molecular weight excluding hydrogens is 905 g/mol. The molecule has 0 amide bonds. The Kier molecular flexibility index (Phi) is 8.44. The smallest absolute Gasteiger partial charge is 0.132 e. The largest absolute Gasteiger partial charge is 0.457 e. The SMILES string of the molecule is CC12C=CC=CC1N(c1ccccc1)c1ccc(N(c3ccc4c(c3)C3(c5ccccc5Sc5ccccc53)c3ccccc3-4)c3cccc4c3-c3ccccc3C43c4ccccc4Oc4ccccc43)cc12. The van der Waals surface area contributed by atoms with Crippen LogP contribution in [0.5, 0.6) is 11.5 Å². The van der Waals surface area contributed by atoms with E-state index >= 15 is 0 Å². The Hall–Kier alpha value is -8.57. The average Bonchev–Trinajstić information content (AvgIpc) is 4.01. The molecule has 6 aliphatic rings. The first kappa shape index (κ1) is 41.1. The number of ether oxygens (including phenoxy) is 1. The number of para-hydroxylation sites is 3. The summed E-state index contributed by atoms with van der Waals surface area (Å²) in [5, 5.41) is 0. The molecule has 2 spiro atoms. The van der Waals surface area contributed by atoms with Gasteiger partial charge in [-0.2, -0.15) is 0 Å². The van der Waals surface area contributed by atoms with Crippen LogP contribution in [0.15, 0.2) is 265 Å². The van der Waals surface area contributed by atoms with Crippen molar-refractivity contribution < 1.29 is 4.74 Å². The highest BCUT2D eigenvalue weighted by atomic mass is 32.2. The number of allylic oxidation sites excluding steroid dienone is 2. The molecule has 16 rings (SSSR count). The second-order valence-electron chi connectivity index (χ2n) is 20.4. The molecular formula is C69H46N2OS. The lowest BCUT2D eigenvalue weighted by atomic mass is 9.66. The van der Waals surface area contributed by atoms with Crippen molar-refractivity contribution in [3.05, 3.63) is 305 Å². The Bertz CT molecular complexity index is 3970. The fourth-order valence-electron chi connectivity index (χ4n) is 14.1. The summed E-state index contributed by atoms with van der Waals surface area (Å²) in [5.41, 5.74) is 20.8. The van der Waals surface area contributed by atoms with Gasteiger partial charge < -0.3 is 14.5 Å². The lowest BCUT2D eigenvalue weighted by molar-refractivity contribution is 0.436. The summed E-state index contributed by atoms with van der Waals surface area (Å²) in [7, 11) is 0. The van der Waals surface area contributed by atoms with Crippen molar-refractivity contribution >= 4 is 40.2 Å². The van der Waals surface area contributed by atoms with E-state index in [0.717, 1.165) is 39.7 Å². The summed E-state index contributed by atoms with van der Waals surface area (Å²) in [6.07, 6.45) is 9.25. The number of benzene rings is 10. The monoisotopic (exact) mass is 950 g/mol. The minimum absolute atomic E-state index is 0.114. The van der Waals surface area contributed by atoms with E-state index in [9.17, 15) is 0 Å². The van der Waals surface area contributed by atoms with Crippen molar-refractivity contribution in [2.75, 3.05) is 9.80 Å². The topological polar surface area (TPSA) is 15.7 Å². The number of fused-ring (bicyclic) bond motifs is 21. The zero-order valence-corrected chi connectivity index (χ0v) is 40.9. The first-order valence-corrected chi connectivity index (χ1v) is 26.3. The molecule has 73 heavy (non-hydrogen) atoms. The van der Waals surface area contributed by atoms with E-state index in [0.29, 0.717) is 0 Å². The predicted molar refractivity (Wildman–Crippen MR) is 298 cm³/mol. The maximum Gasteiger partial charge on any atom is 0.132 e. The molecule has 10 aromatic rings. The quantitative estimate of drug-likeness (QED) is 0.175. The highest BCUT2D eigenvalue weighted by Gasteiger charge is 2.54. The lowest BCUT2D eigenvalue weighted by Crippen LogP contribution is -2.39. The molecule has 3 aliphatic carbocycles. The van der Waals surface area contributed by atoms with Gasteiger partial charge in [-0.15, -0.1) is 0 Å². The van der Waals surface area contributed by atoms with Crippen LogP contribution in [0.1, 0.15) is 57.0 Å². The van der Waals surface area contributed by atoms with E-state index in [1.807, 2.05) is 11.8 Å². The first-order chi connectivity index (χ1) is 36.1. The van der Waals surface area contributed by atoms with Crippen LogP contribution in [0.2, 0.25) is 0 Å². The first-order valence-electron chi connectivity index (χ1n) is 25.4. The van der Waals surface area contributed by atoms with Crippen LogP contribution in [-0.2, 0) is 16.2 Å². The van der Waals surface area contributed by atoms with E-state index in [1.54, 1.807) is 0 Å². The fourth-order valence-corrected chi connectivity index (χ4v) is 15.3. The van der Waals surface area contributed by atoms with Gasteiger partial charge >= 0.3 is 0 Å². The van der Waals surface area contributed by atoms with Crippen LogP contribution in [0.3, 0.4) is 0 Å². The molecule has 3 aliphatic heterocycles. The maximum absolute atomic E-state index is 6.79. The Labute approximate surface area is 430 Å². The molecule has 0 fully saturated rings. The summed E-state index contributed by atoms with van der Waals surface area (Å²) in [4.78, 5) is 7.72. The number of anilines is 5. The summed E-state index contributed by atoms with van der Waals surface area (Å²) >= 11 is 1.89. The number of hydrogen-bond donors (Lipinski definition) is 0. The second kappa shape index (κ2) is 15.0. The molecule has 0 radical (unpaired) electrons. The van der Waals surface area contributed by atoms with E-state index in [1.165, 1.54) is 82.4 Å². The van der Waals surface area contributed by atoms with Gasteiger partial charge in [-0.3, -0.25) is 0 Å². The molecule has 10 aromatic carbocycles. The van der Waals surface area contributed by atoms with Crippen molar-refractivity contribution in [1.82, 2.24) is 0 Å². The molecule has 0 aromatic heterocycles. The van der Waals surface area contributed by atoms with Crippen LogP contribution in [-0.4, -0.2) is 6.04 Å². The highest BCUT2D eigenvalue weighted by molar-refractivity contribution is 7.99. The minimum atomic E-state index is -0.621. The molecule has 4 heteroatoms. The molecule has 3 nitrogen and oxygen atoms in total. The average molecular weight is 951 g/mol. The van der Waals surface area contributed by atoms with Gasteiger partial charge in [0.05, 0.1) is 22.6 Å². The molecule has 3 heterocycles. The van der Waals surface area contributed by atoms with Crippen LogP contribution < -0.4 is 14.5 Å². The molecule has 0 N–H and O–H groups in total. The van der Waals surface area contributed by atoms with Crippen molar-refractivity contribution in [2.45, 2.75) is 39.0 Å². The lowest BCUT2D eigenvalue weighted by Gasteiger charge is -2.40. The van der Waals surface area contributed by atoms with Gasteiger partial charge in [0, 0.05) is 54.6 Å². The minimum Gasteiger partial charge on any atom is -0.457 e. The van der Waals surface area contributed by atoms with Crippen molar-refractivity contribution in [3.8, 4) is 33.8 Å². The van der Waals surface area contributed by atoms with Crippen molar-refractivity contribution in [1.29, 1.82) is 0 Å². The molecule has 344 valence electrons. The Morgan fingerprint density at radius 2 is 0.973 bits per heavy atom. The summed E-state index contributed by atoms with van der Waals surface area (Å²) in [6.45, 7) is 2.42. The van der Waals surface area contributed by atoms with E-state index in [-0.39, 0.29) is 11.5 Å². The van der Waals surface area contributed by atoms with Gasteiger partial charge in [0.2, 0.25) is 0 Å². The molecule has 0 saturated heterocycles. The highest BCUT2D eigenvalue weighted by Crippen LogP contribution is 2.66. The maximum atomic E-state index is 6.79. The van der Waals surface area contributed by atoms with E-state index in [4.69, 9.17) is 4.74 Å². The van der Waals surface area contributed by atoms with Gasteiger partial charge in [-0.05, 0) is 135 Å².